The monoisotopic (exact) mass is 393 g/mol. The van der Waals surface area contributed by atoms with Crippen LogP contribution >= 0.6 is 31.9 Å². The number of benzene rings is 1. The molecule has 0 amide bonds. The molecule has 0 aromatic heterocycles. The zero-order valence-electron chi connectivity index (χ0n) is 11.6. The van der Waals surface area contributed by atoms with Gasteiger partial charge >= 0.3 is 0 Å². The van der Waals surface area contributed by atoms with Gasteiger partial charge in [0.15, 0.2) is 0 Å². The van der Waals surface area contributed by atoms with Gasteiger partial charge in [0.2, 0.25) is 0 Å². The largest absolute Gasteiger partial charge is 0.494 e. The van der Waals surface area contributed by atoms with Gasteiger partial charge in [-0.1, -0.05) is 13.3 Å². The Morgan fingerprint density at radius 1 is 1.21 bits per heavy atom. The lowest BCUT2D eigenvalue weighted by molar-refractivity contribution is 0.161. The molecule has 1 atom stereocenters. The van der Waals surface area contributed by atoms with Crippen molar-refractivity contribution in [2.75, 3.05) is 20.8 Å². The van der Waals surface area contributed by atoms with Crippen LogP contribution < -0.4 is 10.1 Å². The number of hydrogen-bond acceptors (Lipinski definition) is 3. The molecule has 0 saturated heterocycles. The predicted octanol–water partition coefficient (Wildman–Crippen LogP) is 4.12. The maximum Gasteiger partial charge on any atom is 0.147 e. The summed E-state index contributed by atoms with van der Waals surface area (Å²) in [5, 5.41) is 3.52. The van der Waals surface area contributed by atoms with E-state index in [4.69, 9.17) is 9.47 Å². The summed E-state index contributed by atoms with van der Waals surface area (Å²) in [6.07, 6.45) is 2.27. The summed E-state index contributed by atoms with van der Waals surface area (Å²) < 4.78 is 12.4. The van der Waals surface area contributed by atoms with Crippen LogP contribution in [0.1, 0.15) is 25.3 Å². The van der Waals surface area contributed by atoms with E-state index in [-0.39, 0.29) is 0 Å². The summed E-state index contributed by atoms with van der Waals surface area (Å²) in [5.74, 6) is 0.825. The normalized spacial score (nSPS) is 12.5. The minimum absolute atomic E-state index is 0.398. The number of rotatable bonds is 8. The Morgan fingerprint density at radius 3 is 2.32 bits per heavy atom. The number of halogens is 2. The van der Waals surface area contributed by atoms with Crippen LogP contribution in [0.4, 0.5) is 0 Å². The SMILES string of the molecule is CCCC(COC)NCc1cc(Br)c(OC)c(Br)c1. The van der Waals surface area contributed by atoms with Crippen molar-refractivity contribution < 1.29 is 9.47 Å². The molecule has 108 valence electrons. The predicted molar refractivity (Wildman–Crippen MR) is 85.8 cm³/mol. The fourth-order valence-corrected chi connectivity index (χ4v) is 3.57. The molecule has 0 fully saturated rings. The van der Waals surface area contributed by atoms with E-state index in [1.54, 1.807) is 14.2 Å². The first kappa shape index (κ1) is 17.0. The number of nitrogens with one attached hydrogen (secondary N) is 1. The Hall–Kier alpha value is -0.100. The summed E-state index contributed by atoms with van der Waals surface area (Å²) in [4.78, 5) is 0. The van der Waals surface area contributed by atoms with Crippen LogP contribution in [0.15, 0.2) is 21.1 Å². The highest BCUT2D eigenvalue weighted by Gasteiger charge is 2.10. The molecule has 0 aliphatic rings. The maximum atomic E-state index is 5.30. The summed E-state index contributed by atoms with van der Waals surface area (Å²) in [5.41, 5.74) is 1.21. The zero-order chi connectivity index (χ0) is 14.3. The molecule has 0 aliphatic carbocycles. The molecule has 1 rings (SSSR count). The lowest BCUT2D eigenvalue weighted by Crippen LogP contribution is -2.32. The van der Waals surface area contributed by atoms with Crippen molar-refractivity contribution in [3.63, 3.8) is 0 Å². The van der Waals surface area contributed by atoms with Crippen molar-refractivity contribution >= 4 is 31.9 Å². The molecule has 1 aromatic carbocycles. The number of hydrogen-bond donors (Lipinski definition) is 1. The molecule has 0 spiro atoms. The molecule has 0 radical (unpaired) electrons. The smallest absolute Gasteiger partial charge is 0.147 e. The Balaban J connectivity index is 2.66. The third kappa shape index (κ3) is 5.42. The van der Waals surface area contributed by atoms with E-state index in [9.17, 15) is 0 Å². The molecule has 0 bridgehead atoms. The number of methoxy groups -OCH3 is 2. The average molecular weight is 395 g/mol. The van der Waals surface area contributed by atoms with Gasteiger partial charge in [-0.3, -0.25) is 0 Å². The van der Waals surface area contributed by atoms with E-state index >= 15 is 0 Å². The van der Waals surface area contributed by atoms with E-state index in [1.807, 2.05) is 0 Å². The molecular formula is C14H21Br2NO2. The molecule has 0 heterocycles. The first-order valence-corrected chi connectivity index (χ1v) is 7.95. The van der Waals surface area contributed by atoms with Crippen molar-refractivity contribution in [1.29, 1.82) is 0 Å². The summed E-state index contributed by atoms with van der Waals surface area (Å²) in [6.45, 7) is 3.74. The summed E-state index contributed by atoms with van der Waals surface area (Å²) >= 11 is 7.04. The highest BCUT2D eigenvalue weighted by atomic mass is 79.9. The molecule has 0 saturated carbocycles. The van der Waals surface area contributed by atoms with E-state index in [2.05, 4.69) is 56.2 Å². The van der Waals surface area contributed by atoms with Crippen LogP contribution in [0.5, 0.6) is 5.75 Å². The van der Waals surface area contributed by atoms with E-state index < -0.39 is 0 Å². The van der Waals surface area contributed by atoms with E-state index in [0.29, 0.717) is 6.04 Å². The highest BCUT2D eigenvalue weighted by Crippen LogP contribution is 2.34. The maximum absolute atomic E-state index is 5.30. The summed E-state index contributed by atoms with van der Waals surface area (Å²) in [6, 6.07) is 4.55. The topological polar surface area (TPSA) is 30.5 Å². The molecule has 1 unspecified atom stereocenters. The molecule has 1 aromatic rings. The standard InChI is InChI=1S/C14H21Br2NO2/c1-4-5-11(9-18-2)17-8-10-6-12(15)14(19-3)13(16)7-10/h6-7,11,17H,4-5,8-9H2,1-3H3. The summed E-state index contributed by atoms with van der Waals surface area (Å²) in [7, 11) is 3.41. The average Bonchev–Trinajstić information content (AvgIpc) is 2.36. The second-order valence-corrected chi connectivity index (χ2v) is 6.12. The van der Waals surface area contributed by atoms with E-state index in [0.717, 1.165) is 40.7 Å². The van der Waals surface area contributed by atoms with Crippen molar-refractivity contribution in [3.05, 3.63) is 26.6 Å². The van der Waals surface area contributed by atoms with E-state index in [1.165, 1.54) is 5.56 Å². The van der Waals surface area contributed by atoms with Crippen LogP contribution in [0.25, 0.3) is 0 Å². The van der Waals surface area contributed by atoms with Crippen LogP contribution in [-0.2, 0) is 11.3 Å². The molecule has 5 heteroatoms. The molecule has 3 nitrogen and oxygen atoms in total. The fourth-order valence-electron chi connectivity index (χ4n) is 1.97. The third-order valence-corrected chi connectivity index (χ3v) is 4.04. The fraction of sp³-hybridized carbons (Fsp3) is 0.571. The van der Waals surface area contributed by atoms with Crippen LogP contribution in [-0.4, -0.2) is 26.9 Å². The Bertz CT molecular complexity index is 370. The molecule has 19 heavy (non-hydrogen) atoms. The van der Waals surface area contributed by atoms with Crippen molar-refractivity contribution in [2.45, 2.75) is 32.4 Å². The minimum Gasteiger partial charge on any atom is -0.494 e. The van der Waals surface area contributed by atoms with Gasteiger partial charge in [-0.2, -0.15) is 0 Å². The van der Waals surface area contributed by atoms with Crippen molar-refractivity contribution in [1.82, 2.24) is 5.32 Å². The highest BCUT2D eigenvalue weighted by molar-refractivity contribution is 9.11. The molecular weight excluding hydrogens is 374 g/mol. The van der Waals surface area contributed by atoms with Gasteiger partial charge in [0, 0.05) is 19.7 Å². The second kappa shape index (κ2) is 8.95. The second-order valence-electron chi connectivity index (χ2n) is 4.41. The van der Waals surface area contributed by atoms with Crippen LogP contribution in [0.3, 0.4) is 0 Å². The molecule has 1 N–H and O–H groups in total. The van der Waals surface area contributed by atoms with Gasteiger partial charge in [0.05, 0.1) is 22.7 Å². The van der Waals surface area contributed by atoms with Gasteiger partial charge in [-0.15, -0.1) is 0 Å². The lowest BCUT2D eigenvalue weighted by Gasteiger charge is -2.18. The number of ether oxygens (including phenoxy) is 2. The first-order chi connectivity index (χ1) is 9.12. The Morgan fingerprint density at radius 2 is 1.84 bits per heavy atom. The van der Waals surface area contributed by atoms with Crippen LogP contribution in [0, 0.1) is 0 Å². The van der Waals surface area contributed by atoms with Gasteiger partial charge in [0.1, 0.15) is 5.75 Å². The zero-order valence-corrected chi connectivity index (χ0v) is 14.8. The van der Waals surface area contributed by atoms with Gasteiger partial charge in [-0.25, -0.2) is 0 Å². The Labute approximate surface area is 132 Å². The van der Waals surface area contributed by atoms with Gasteiger partial charge < -0.3 is 14.8 Å². The molecule has 0 aliphatic heterocycles. The first-order valence-electron chi connectivity index (χ1n) is 6.36. The van der Waals surface area contributed by atoms with Crippen molar-refractivity contribution in [3.8, 4) is 5.75 Å². The van der Waals surface area contributed by atoms with Gasteiger partial charge in [0.25, 0.3) is 0 Å². The van der Waals surface area contributed by atoms with Gasteiger partial charge in [-0.05, 0) is 56.0 Å². The third-order valence-electron chi connectivity index (χ3n) is 2.86. The van der Waals surface area contributed by atoms with Crippen molar-refractivity contribution in [2.24, 2.45) is 0 Å². The minimum atomic E-state index is 0.398. The Kier molecular flexibility index (Phi) is 7.99. The lowest BCUT2D eigenvalue weighted by atomic mass is 10.1. The van der Waals surface area contributed by atoms with Crippen LogP contribution in [0.2, 0.25) is 0 Å². The quantitative estimate of drug-likeness (QED) is 0.719.